The highest BCUT2D eigenvalue weighted by atomic mass is 32.2. The van der Waals surface area contributed by atoms with Gasteiger partial charge in [-0.3, -0.25) is 10.1 Å². The van der Waals surface area contributed by atoms with E-state index in [0.717, 1.165) is 17.0 Å². The van der Waals surface area contributed by atoms with Crippen LogP contribution in [0.2, 0.25) is 0 Å². The zero-order valence-electron chi connectivity index (χ0n) is 13.6. The molecule has 1 N–H and O–H groups in total. The summed E-state index contributed by atoms with van der Waals surface area (Å²) in [5.41, 5.74) is 2.87. The van der Waals surface area contributed by atoms with E-state index in [1.807, 2.05) is 42.8 Å². The normalized spacial score (nSPS) is 10.8. The molecule has 0 saturated carbocycles. The smallest absolute Gasteiger partial charge is 0.237 e. The van der Waals surface area contributed by atoms with Gasteiger partial charge in [0.15, 0.2) is 11.0 Å². The largest absolute Gasteiger partial charge is 0.338 e. The summed E-state index contributed by atoms with van der Waals surface area (Å²) in [6.07, 6.45) is 0. The van der Waals surface area contributed by atoms with Crippen LogP contribution < -0.4 is 5.32 Å². The summed E-state index contributed by atoms with van der Waals surface area (Å²) in [5.74, 6) is 1.15. The van der Waals surface area contributed by atoms with Gasteiger partial charge in [0.2, 0.25) is 11.8 Å². The number of rotatable bonds is 5. The first-order valence-corrected chi connectivity index (χ1v) is 8.34. The molecule has 3 rings (SSSR count). The molecule has 24 heavy (non-hydrogen) atoms. The van der Waals surface area contributed by atoms with E-state index < -0.39 is 0 Å². The summed E-state index contributed by atoms with van der Waals surface area (Å²) in [5, 5.41) is 15.5. The van der Waals surface area contributed by atoms with Crippen molar-refractivity contribution in [1.82, 2.24) is 19.9 Å². The number of aromatic nitrogens is 4. The number of hydrogen-bond donors (Lipinski definition) is 1. The number of amides is 1. The van der Waals surface area contributed by atoms with E-state index in [1.165, 1.54) is 11.8 Å². The summed E-state index contributed by atoms with van der Waals surface area (Å²) in [7, 11) is 1.89. The summed E-state index contributed by atoms with van der Waals surface area (Å²) < 4.78 is 6.85. The number of aryl methyl sites for hydroxylation is 2. The average molecular weight is 343 g/mol. The lowest BCUT2D eigenvalue weighted by atomic mass is 10.1. The molecular formula is C16H17N5O2S. The monoisotopic (exact) mass is 343 g/mol. The molecule has 2 heterocycles. The fourth-order valence-electron chi connectivity index (χ4n) is 2.23. The van der Waals surface area contributed by atoms with Gasteiger partial charge < -0.3 is 9.09 Å². The van der Waals surface area contributed by atoms with Crippen molar-refractivity contribution in [1.29, 1.82) is 0 Å². The summed E-state index contributed by atoms with van der Waals surface area (Å²) in [6, 6.07) is 9.66. The van der Waals surface area contributed by atoms with Gasteiger partial charge in [-0.1, -0.05) is 41.2 Å². The van der Waals surface area contributed by atoms with Crippen LogP contribution in [0.15, 0.2) is 40.0 Å². The highest BCUT2D eigenvalue weighted by molar-refractivity contribution is 7.99. The zero-order valence-corrected chi connectivity index (χ0v) is 14.4. The molecule has 0 spiro atoms. The summed E-state index contributed by atoms with van der Waals surface area (Å²) >= 11 is 1.32. The minimum atomic E-state index is -0.184. The van der Waals surface area contributed by atoms with E-state index in [0.29, 0.717) is 16.7 Å². The van der Waals surface area contributed by atoms with Gasteiger partial charge in [-0.15, -0.1) is 10.2 Å². The Labute approximate surface area is 143 Å². The van der Waals surface area contributed by atoms with Crippen LogP contribution in [-0.4, -0.2) is 31.6 Å². The minimum Gasteiger partial charge on any atom is -0.338 e. The van der Waals surface area contributed by atoms with Crippen LogP contribution in [0, 0.1) is 13.8 Å². The third-order valence-corrected chi connectivity index (χ3v) is 4.46. The number of hydrogen-bond acceptors (Lipinski definition) is 6. The molecule has 1 amide bonds. The maximum atomic E-state index is 12.0. The maximum Gasteiger partial charge on any atom is 0.237 e. The second-order valence-corrected chi connectivity index (χ2v) is 6.29. The molecule has 0 fully saturated rings. The lowest BCUT2D eigenvalue weighted by molar-refractivity contribution is -0.113. The number of carbonyl (C=O) groups is 1. The quantitative estimate of drug-likeness (QED) is 0.717. The Morgan fingerprint density at radius 2 is 2.08 bits per heavy atom. The molecule has 0 atom stereocenters. The Morgan fingerprint density at radius 1 is 1.29 bits per heavy atom. The molecule has 0 saturated heterocycles. The fraction of sp³-hybridized carbons (Fsp3) is 0.250. The van der Waals surface area contributed by atoms with Crippen molar-refractivity contribution in [3.8, 4) is 11.4 Å². The van der Waals surface area contributed by atoms with Crippen molar-refractivity contribution in [3.05, 3.63) is 41.6 Å². The van der Waals surface area contributed by atoms with Gasteiger partial charge >= 0.3 is 0 Å². The third kappa shape index (κ3) is 3.48. The molecule has 124 valence electrons. The maximum absolute atomic E-state index is 12.0. The molecular weight excluding hydrogens is 326 g/mol. The third-order valence-electron chi connectivity index (χ3n) is 3.44. The van der Waals surface area contributed by atoms with E-state index in [9.17, 15) is 4.79 Å². The van der Waals surface area contributed by atoms with E-state index in [4.69, 9.17) is 4.52 Å². The highest BCUT2D eigenvalue weighted by Crippen LogP contribution is 2.25. The first-order chi connectivity index (χ1) is 11.5. The first kappa shape index (κ1) is 16.3. The van der Waals surface area contributed by atoms with Crippen LogP contribution in [0.1, 0.15) is 11.3 Å². The van der Waals surface area contributed by atoms with Crippen molar-refractivity contribution in [2.24, 2.45) is 7.05 Å². The van der Waals surface area contributed by atoms with Crippen LogP contribution in [-0.2, 0) is 11.8 Å². The predicted octanol–water partition coefficient (Wildman–Crippen LogP) is 2.82. The Hall–Kier alpha value is -2.61. The SMILES string of the molecule is Cc1cc(NC(=O)CSc2nnc(-c3ccccc3C)n2C)on1. The average Bonchev–Trinajstić information content (AvgIpc) is 3.12. The summed E-state index contributed by atoms with van der Waals surface area (Å²) in [6.45, 7) is 3.82. The van der Waals surface area contributed by atoms with Gasteiger partial charge in [0.05, 0.1) is 11.4 Å². The van der Waals surface area contributed by atoms with Crippen molar-refractivity contribution in [3.63, 3.8) is 0 Å². The molecule has 0 radical (unpaired) electrons. The molecule has 3 aromatic rings. The lowest BCUT2D eigenvalue weighted by Gasteiger charge is -2.06. The number of carbonyl (C=O) groups excluding carboxylic acids is 1. The van der Waals surface area contributed by atoms with E-state index in [1.54, 1.807) is 13.0 Å². The van der Waals surface area contributed by atoms with Crippen molar-refractivity contribution >= 4 is 23.6 Å². The number of nitrogens with zero attached hydrogens (tertiary/aromatic N) is 4. The topological polar surface area (TPSA) is 85.8 Å². The standard InChI is InChI=1S/C16H17N5O2S/c1-10-6-4-5-7-12(10)15-18-19-16(21(15)3)24-9-13(22)17-14-8-11(2)20-23-14/h4-8H,9H2,1-3H3,(H,17,22). The molecule has 0 aliphatic heterocycles. The number of anilines is 1. The molecule has 1 aromatic carbocycles. The molecule has 0 bridgehead atoms. The van der Waals surface area contributed by atoms with Gasteiger partial charge in [-0.2, -0.15) is 0 Å². The number of nitrogens with one attached hydrogen (secondary N) is 1. The van der Waals surface area contributed by atoms with Crippen LogP contribution in [0.25, 0.3) is 11.4 Å². The van der Waals surface area contributed by atoms with Crippen molar-refractivity contribution in [2.45, 2.75) is 19.0 Å². The van der Waals surface area contributed by atoms with Gasteiger partial charge in [-0.05, 0) is 19.4 Å². The lowest BCUT2D eigenvalue weighted by Crippen LogP contribution is -2.14. The van der Waals surface area contributed by atoms with E-state index in [2.05, 4.69) is 20.7 Å². The predicted molar refractivity (Wildman–Crippen MR) is 91.8 cm³/mol. The van der Waals surface area contributed by atoms with Gasteiger partial charge in [0.25, 0.3) is 0 Å². The molecule has 8 heteroatoms. The van der Waals surface area contributed by atoms with Crippen LogP contribution in [0.3, 0.4) is 0 Å². The Morgan fingerprint density at radius 3 is 2.79 bits per heavy atom. The Bertz CT molecular complexity index is 871. The van der Waals surface area contributed by atoms with Crippen LogP contribution in [0.4, 0.5) is 5.88 Å². The molecule has 0 unspecified atom stereocenters. The fourth-order valence-corrected chi connectivity index (χ4v) is 2.94. The Balaban J connectivity index is 1.66. The van der Waals surface area contributed by atoms with Crippen molar-refractivity contribution < 1.29 is 9.32 Å². The van der Waals surface area contributed by atoms with Crippen molar-refractivity contribution in [2.75, 3.05) is 11.1 Å². The summed E-state index contributed by atoms with van der Waals surface area (Å²) in [4.78, 5) is 12.0. The highest BCUT2D eigenvalue weighted by Gasteiger charge is 2.14. The number of thioether (sulfide) groups is 1. The van der Waals surface area contributed by atoms with Gasteiger partial charge in [-0.25, -0.2) is 0 Å². The first-order valence-electron chi connectivity index (χ1n) is 7.36. The van der Waals surface area contributed by atoms with E-state index in [-0.39, 0.29) is 11.7 Å². The van der Waals surface area contributed by atoms with Crippen LogP contribution >= 0.6 is 11.8 Å². The van der Waals surface area contributed by atoms with Crippen LogP contribution in [0.5, 0.6) is 0 Å². The minimum absolute atomic E-state index is 0.184. The second kappa shape index (κ2) is 6.88. The van der Waals surface area contributed by atoms with Gasteiger partial charge in [0, 0.05) is 18.7 Å². The molecule has 7 nitrogen and oxygen atoms in total. The zero-order chi connectivity index (χ0) is 17.1. The Kier molecular flexibility index (Phi) is 4.66. The van der Waals surface area contributed by atoms with Gasteiger partial charge in [0.1, 0.15) is 0 Å². The van der Waals surface area contributed by atoms with E-state index >= 15 is 0 Å². The molecule has 0 aliphatic carbocycles. The molecule has 0 aliphatic rings. The second-order valence-electron chi connectivity index (χ2n) is 5.35. The number of benzene rings is 1. The molecule has 2 aromatic heterocycles.